The molecule has 2 aromatic heterocycles. The Morgan fingerprint density at radius 1 is 1.22 bits per heavy atom. The second kappa shape index (κ2) is 5.91. The van der Waals surface area contributed by atoms with Crippen LogP contribution in [0.15, 0.2) is 41.3 Å². The van der Waals surface area contributed by atoms with Gasteiger partial charge in [0.05, 0.1) is 0 Å². The number of allylic oxidation sites excluding steroid dienone is 1. The molecule has 18 heavy (non-hydrogen) atoms. The average Bonchev–Trinajstić information content (AvgIpc) is 2.42. The molecule has 0 spiro atoms. The second-order valence-corrected chi connectivity index (χ2v) is 4.92. The number of halogens is 1. The highest BCUT2D eigenvalue weighted by atomic mass is 79.9. The first-order valence-corrected chi connectivity index (χ1v) is 6.73. The lowest BCUT2D eigenvalue weighted by Crippen LogP contribution is -1.93. The van der Waals surface area contributed by atoms with Gasteiger partial charge in [-0.2, -0.15) is 0 Å². The Balaban J connectivity index is 2.45. The standard InChI is InChI=1S/C15H15BrN2/c1-3-15-13(14(16)6-9-18-15)10-11(2)12-4-7-17-8-5-12/h4-10H,3H2,1-2H3/b11-10+. The summed E-state index contributed by atoms with van der Waals surface area (Å²) in [6, 6.07) is 6.01. The Labute approximate surface area is 116 Å². The van der Waals surface area contributed by atoms with Crippen molar-refractivity contribution in [3.63, 3.8) is 0 Å². The molecule has 3 heteroatoms. The van der Waals surface area contributed by atoms with E-state index in [4.69, 9.17) is 0 Å². The molecule has 0 N–H and O–H groups in total. The van der Waals surface area contributed by atoms with Crippen molar-refractivity contribution in [2.24, 2.45) is 0 Å². The molecule has 2 nitrogen and oxygen atoms in total. The van der Waals surface area contributed by atoms with E-state index < -0.39 is 0 Å². The molecule has 0 radical (unpaired) electrons. The lowest BCUT2D eigenvalue weighted by Gasteiger charge is -2.07. The van der Waals surface area contributed by atoms with Crippen molar-refractivity contribution in [2.45, 2.75) is 20.3 Å². The fourth-order valence-corrected chi connectivity index (χ4v) is 2.30. The number of aryl methyl sites for hydroxylation is 1. The highest BCUT2D eigenvalue weighted by Gasteiger charge is 2.05. The lowest BCUT2D eigenvalue weighted by atomic mass is 10.0. The molecule has 0 aliphatic rings. The second-order valence-electron chi connectivity index (χ2n) is 4.07. The predicted molar refractivity (Wildman–Crippen MR) is 79.1 cm³/mol. The normalized spacial score (nSPS) is 11.6. The highest BCUT2D eigenvalue weighted by molar-refractivity contribution is 9.10. The van der Waals surface area contributed by atoms with Gasteiger partial charge in [0, 0.05) is 34.3 Å². The van der Waals surface area contributed by atoms with Crippen molar-refractivity contribution >= 4 is 27.6 Å². The molecule has 0 atom stereocenters. The maximum Gasteiger partial charge on any atom is 0.0484 e. The highest BCUT2D eigenvalue weighted by Crippen LogP contribution is 2.25. The van der Waals surface area contributed by atoms with E-state index in [9.17, 15) is 0 Å². The van der Waals surface area contributed by atoms with E-state index >= 15 is 0 Å². The first kappa shape index (κ1) is 13.0. The largest absolute Gasteiger partial charge is 0.265 e. The molecular weight excluding hydrogens is 288 g/mol. The molecule has 92 valence electrons. The number of nitrogens with zero attached hydrogens (tertiary/aromatic N) is 2. The van der Waals surface area contributed by atoms with Crippen LogP contribution in [0.5, 0.6) is 0 Å². The van der Waals surface area contributed by atoms with E-state index in [1.165, 1.54) is 11.1 Å². The summed E-state index contributed by atoms with van der Waals surface area (Å²) < 4.78 is 1.09. The van der Waals surface area contributed by atoms with Crippen LogP contribution in [0.1, 0.15) is 30.7 Å². The molecule has 0 unspecified atom stereocenters. The summed E-state index contributed by atoms with van der Waals surface area (Å²) >= 11 is 3.59. The molecule has 0 bridgehead atoms. The smallest absolute Gasteiger partial charge is 0.0484 e. The molecular formula is C15H15BrN2. The van der Waals surface area contributed by atoms with Gasteiger partial charge in [-0.05, 0) is 48.8 Å². The Morgan fingerprint density at radius 2 is 1.94 bits per heavy atom. The molecule has 0 aliphatic carbocycles. The van der Waals surface area contributed by atoms with E-state index in [0.29, 0.717) is 0 Å². The maximum atomic E-state index is 4.42. The maximum absolute atomic E-state index is 4.42. The van der Waals surface area contributed by atoms with Gasteiger partial charge in [0.15, 0.2) is 0 Å². The summed E-state index contributed by atoms with van der Waals surface area (Å²) in [4.78, 5) is 8.46. The van der Waals surface area contributed by atoms with Gasteiger partial charge in [-0.3, -0.25) is 9.97 Å². The van der Waals surface area contributed by atoms with Crippen LogP contribution < -0.4 is 0 Å². The van der Waals surface area contributed by atoms with Gasteiger partial charge in [-0.25, -0.2) is 0 Å². The monoisotopic (exact) mass is 302 g/mol. The fraction of sp³-hybridized carbons (Fsp3) is 0.200. The van der Waals surface area contributed by atoms with Crippen LogP contribution in [0.4, 0.5) is 0 Å². The Hall–Kier alpha value is -1.48. The van der Waals surface area contributed by atoms with E-state index in [-0.39, 0.29) is 0 Å². The molecule has 0 saturated heterocycles. The summed E-state index contributed by atoms with van der Waals surface area (Å²) in [5, 5.41) is 0. The van der Waals surface area contributed by atoms with Gasteiger partial charge in [0.1, 0.15) is 0 Å². The third kappa shape index (κ3) is 2.85. The van der Waals surface area contributed by atoms with Crippen LogP contribution in [0.3, 0.4) is 0 Å². The zero-order valence-corrected chi connectivity index (χ0v) is 12.1. The third-order valence-electron chi connectivity index (χ3n) is 2.85. The number of rotatable bonds is 3. The summed E-state index contributed by atoms with van der Waals surface area (Å²) in [5.74, 6) is 0. The minimum atomic E-state index is 0.925. The number of hydrogen-bond acceptors (Lipinski definition) is 2. The van der Waals surface area contributed by atoms with Crippen molar-refractivity contribution in [2.75, 3.05) is 0 Å². The summed E-state index contributed by atoms with van der Waals surface area (Å²) in [6.45, 7) is 4.22. The van der Waals surface area contributed by atoms with E-state index in [0.717, 1.165) is 22.2 Å². The van der Waals surface area contributed by atoms with Crippen molar-refractivity contribution in [3.05, 3.63) is 58.1 Å². The van der Waals surface area contributed by atoms with Crippen LogP contribution in [0, 0.1) is 0 Å². The third-order valence-corrected chi connectivity index (χ3v) is 3.54. The summed E-state index contributed by atoms with van der Waals surface area (Å²) in [5.41, 5.74) is 4.66. The minimum absolute atomic E-state index is 0.925. The van der Waals surface area contributed by atoms with Gasteiger partial charge < -0.3 is 0 Å². The van der Waals surface area contributed by atoms with Crippen molar-refractivity contribution < 1.29 is 0 Å². The number of hydrogen-bond donors (Lipinski definition) is 0. The van der Waals surface area contributed by atoms with Gasteiger partial charge in [0.2, 0.25) is 0 Å². The van der Waals surface area contributed by atoms with E-state index in [2.05, 4.69) is 45.8 Å². The van der Waals surface area contributed by atoms with Crippen LogP contribution >= 0.6 is 15.9 Å². The van der Waals surface area contributed by atoms with E-state index in [1.807, 2.05) is 36.8 Å². The van der Waals surface area contributed by atoms with Gasteiger partial charge >= 0.3 is 0 Å². The molecule has 2 rings (SSSR count). The molecule has 0 amide bonds. The van der Waals surface area contributed by atoms with Crippen LogP contribution in [0.25, 0.3) is 11.6 Å². The molecule has 0 aliphatic heterocycles. The van der Waals surface area contributed by atoms with Crippen molar-refractivity contribution in [1.82, 2.24) is 9.97 Å². The van der Waals surface area contributed by atoms with Gasteiger partial charge in [0.25, 0.3) is 0 Å². The zero-order chi connectivity index (χ0) is 13.0. The Bertz CT molecular complexity index is 562. The fourth-order valence-electron chi connectivity index (χ4n) is 1.84. The molecule has 0 saturated carbocycles. The predicted octanol–water partition coefficient (Wildman–Crippen LogP) is 4.36. The van der Waals surface area contributed by atoms with Gasteiger partial charge in [-0.15, -0.1) is 0 Å². The zero-order valence-electron chi connectivity index (χ0n) is 10.5. The van der Waals surface area contributed by atoms with Crippen molar-refractivity contribution in [1.29, 1.82) is 0 Å². The Morgan fingerprint density at radius 3 is 2.61 bits per heavy atom. The SMILES string of the molecule is CCc1nccc(Br)c1/C=C(\C)c1ccncc1. The molecule has 0 aromatic carbocycles. The van der Waals surface area contributed by atoms with Crippen LogP contribution in [-0.2, 0) is 6.42 Å². The topological polar surface area (TPSA) is 25.8 Å². The Kier molecular flexibility index (Phi) is 4.26. The van der Waals surface area contributed by atoms with Gasteiger partial charge in [-0.1, -0.05) is 22.9 Å². The average molecular weight is 303 g/mol. The molecule has 0 fully saturated rings. The summed E-state index contributed by atoms with van der Waals surface area (Å²) in [7, 11) is 0. The molecule has 2 heterocycles. The van der Waals surface area contributed by atoms with Crippen LogP contribution in [-0.4, -0.2) is 9.97 Å². The quantitative estimate of drug-likeness (QED) is 0.842. The minimum Gasteiger partial charge on any atom is -0.265 e. The summed E-state index contributed by atoms with van der Waals surface area (Å²) in [6.07, 6.45) is 8.56. The van der Waals surface area contributed by atoms with E-state index in [1.54, 1.807) is 0 Å². The number of pyridine rings is 2. The first-order chi connectivity index (χ1) is 8.72. The van der Waals surface area contributed by atoms with Crippen molar-refractivity contribution in [3.8, 4) is 0 Å². The first-order valence-electron chi connectivity index (χ1n) is 5.94. The van der Waals surface area contributed by atoms with Crippen LogP contribution in [0.2, 0.25) is 0 Å². The number of aromatic nitrogens is 2. The lowest BCUT2D eigenvalue weighted by molar-refractivity contribution is 1.02. The molecule has 2 aromatic rings.